The molecule has 0 aromatic rings. The zero-order valence-electron chi connectivity index (χ0n) is 12.3. The van der Waals surface area contributed by atoms with E-state index in [0.717, 1.165) is 25.4 Å². The van der Waals surface area contributed by atoms with Gasteiger partial charge in [-0.05, 0) is 45.7 Å². The Kier molecular flexibility index (Phi) is 5.90. The van der Waals surface area contributed by atoms with Crippen LogP contribution in [0.25, 0.3) is 0 Å². The zero-order valence-corrected chi connectivity index (χ0v) is 12.3. The van der Waals surface area contributed by atoms with Crippen LogP contribution in [0.2, 0.25) is 0 Å². The molecule has 1 fully saturated rings. The largest absolute Gasteiger partial charge is 0.379 e. The van der Waals surface area contributed by atoms with E-state index in [2.05, 4.69) is 37.9 Å². The summed E-state index contributed by atoms with van der Waals surface area (Å²) in [5.74, 6) is 0.759. The van der Waals surface area contributed by atoms with E-state index in [-0.39, 0.29) is 5.60 Å². The maximum Gasteiger partial charge on any atom is 0.0634 e. The second-order valence-corrected chi connectivity index (χ2v) is 5.94. The molecule has 0 aromatic carbocycles. The quantitative estimate of drug-likeness (QED) is 0.772. The number of ether oxygens (including phenoxy) is 1. The van der Waals surface area contributed by atoms with Crippen molar-refractivity contribution in [2.24, 2.45) is 5.92 Å². The number of likely N-dealkylation sites (tertiary alicyclic amines) is 1. The van der Waals surface area contributed by atoms with Gasteiger partial charge in [0.25, 0.3) is 0 Å². The normalized spacial score (nSPS) is 27.4. The van der Waals surface area contributed by atoms with Crippen molar-refractivity contribution in [3.8, 4) is 0 Å². The average molecular weight is 242 g/mol. The van der Waals surface area contributed by atoms with Gasteiger partial charge >= 0.3 is 0 Å². The molecule has 1 saturated heterocycles. The minimum Gasteiger partial charge on any atom is -0.379 e. The molecule has 3 nitrogen and oxygen atoms in total. The van der Waals surface area contributed by atoms with Crippen LogP contribution in [0.15, 0.2) is 0 Å². The van der Waals surface area contributed by atoms with E-state index in [4.69, 9.17) is 4.74 Å². The number of hydrogen-bond donors (Lipinski definition) is 1. The molecule has 1 aliphatic heterocycles. The number of methoxy groups -OCH3 is 1. The van der Waals surface area contributed by atoms with Crippen LogP contribution in [0.1, 0.15) is 40.5 Å². The van der Waals surface area contributed by atoms with Crippen molar-refractivity contribution < 1.29 is 4.74 Å². The van der Waals surface area contributed by atoms with E-state index in [1.54, 1.807) is 7.11 Å². The van der Waals surface area contributed by atoms with E-state index in [9.17, 15) is 0 Å². The molecule has 102 valence electrons. The van der Waals surface area contributed by atoms with Crippen molar-refractivity contribution >= 4 is 0 Å². The molecule has 0 bridgehead atoms. The first-order valence-electron chi connectivity index (χ1n) is 6.99. The number of piperidine rings is 1. The van der Waals surface area contributed by atoms with Gasteiger partial charge in [-0.15, -0.1) is 0 Å². The van der Waals surface area contributed by atoms with Crippen LogP contribution < -0.4 is 5.32 Å². The van der Waals surface area contributed by atoms with Crippen LogP contribution in [0.5, 0.6) is 0 Å². The van der Waals surface area contributed by atoms with E-state index in [1.165, 1.54) is 19.5 Å². The van der Waals surface area contributed by atoms with Gasteiger partial charge in [-0.1, -0.05) is 13.8 Å². The summed E-state index contributed by atoms with van der Waals surface area (Å²) in [6, 6.07) is 0.715. The van der Waals surface area contributed by atoms with Gasteiger partial charge in [-0.25, -0.2) is 0 Å². The second-order valence-electron chi connectivity index (χ2n) is 5.94. The molecule has 1 rings (SSSR count). The lowest BCUT2D eigenvalue weighted by atomic mass is 9.93. The maximum absolute atomic E-state index is 5.48. The Morgan fingerprint density at radius 2 is 2.12 bits per heavy atom. The molecule has 2 atom stereocenters. The molecule has 0 saturated carbocycles. The predicted octanol–water partition coefficient (Wildman–Crippen LogP) is 2.12. The molecule has 0 spiro atoms. The van der Waals surface area contributed by atoms with Crippen LogP contribution >= 0.6 is 0 Å². The fourth-order valence-electron chi connectivity index (χ4n) is 2.53. The third-order valence-electron chi connectivity index (χ3n) is 4.04. The van der Waals surface area contributed by atoms with Crippen LogP contribution in [-0.4, -0.2) is 49.8 Å². The molecule has 17 heavy (non-hydrogen) atoms. The lowest BCUT2D eigenvalue weighted by Crippen LogP contribution is -2.49. The lowest BCUT2D eigenvalue weighted by Gasteiger charge is -2.38. The first-order chi connectivity index (χ1) is 7.98. The Bertz CT molecular complexity index is 218. The number of hydrogen-bond acceptors (Lipinski definition) is 3. The minimum atomic E-state index is 0.0156. The maximum atomic E-state index is 5.48. The van der Waals surface area contributed by atoms with Gasteiger partial charge in [-0.2, -0.15) is 0 Å². The molecule has 1 N–H and O–H groups in total. The molecule has 3 heteroatoms. The van der Waals surface area contributed by atoms with Crippen molar-refractivity contribution in [3.63, 3.8) is 0 Å². The summed E-state index contributed by atoms with van der Waals surface area (Å²) in [6.45, 7) is 13.6. The Hall–Kier alpha value is -0.120. The molecular weight excluding hydrogens is 212 g/mol. The molecule has 0 aromatic heterocycles. The highest BCUT2D eigenvalue weighted by molar-refractivity contribution is 4.83. The number of nitrogens with one attached hydrogen (secondary N) is 1. The average Bonchev–Trinajstić information content (AvgIpc) is 2.30. The molecular formula is C14H30N2O. The van der Waals surface area contributed by atoms with Crippen molar-refractivity contribution in [1.82, 2.24) is 10.2 Å². The zero-order chi connectivity index (χ0) is 12.9. The highest BCUT2D eigenvalue weighted by Crippen LogP contribution is 2.19. The first kappa shape index (κ1) is 14.9. The van der Waals surface area contributed by atoms with Gasteiger partial charge < -0.3 is 15.0 Å². The van der Waals surface area contributed by atoms with Crippen LogP contribution in [0.4, 0.5) is 0 Å². The van der Waals surface area contributed by atoms with E-state index >= 15 is 0 Å². The van der Waals surface area contributed by atoms with Crippen molar-refractivity contribution in [2.45, 2.75) is 52.2 Å². The van der Waals surface area contributed by atoms with Gasteiger partial charge in [0.15, 0.2) is 0 Å². The van der Waals surface area contributed by atoms with Gasteiger partial charge in [0.05, 0.1) is 5.60 Å². The van der Waals surface area contributed by atoms with E-state index in [0.29, 0.717) is 6.04 Å². The molecule has 1 aliphatic rings. The Morgan fingerprint density at radius 1 is 1.41 bits per heavy atom. The Labute approximate surface area is 107 Å². The first-order valence-corrected chi connectivity index (χ1v) is 6.99. The predicted molar refractivity (Wildman–Crippen MR) is 73.4 cm³/mol. The van der Waals surface area contributed by atoms with Crippen LogP contribution in [0.3, 0.4) is 0 Å². The summed E-state index contributed by atoms with van der Waals surface area (Å²) in [6.07, 6.45) is 2.39. The SMILES string of the molecule is CCNC1CCN(CCC(C)(C)OC)CC1C. The third kappa shape index (κ3) is 4.94. The smallest absolute Gasteiger partial charge is 0.0634 e. The Balaban J connectivity index is 2.30. The molecule has 0 radical (unpaired) electrons. The summed E-state index contributed by atoms with van der Waals surface area (Å²) in [5.41, 5.74) is 0.0156. The summed E-state index contributed by atoms with van der Waals surface area (Å²) in [4.78, 5) is 2.58. The topological polar surface area (TPSA) is 24.5 Å². The lowest BCUT2D eigenvalue weighted by molar-refractivity contribution is 0.00323. The highest BCUT2D eigenvalue weighted by atomic mass is 16.5. The number of nitrogens with zero attached hydrogens (tertiary/aromatic N) is 1. The van der Waals surface area contributed by atoms with Crippen molar-refractivity contribution in [1.29, 1.82) is 0 Å². The molecule has 0 aliphatic carbocycles. The fraction of sp³-hybridized carbons (Fsp3) is 1.00. The van der Waals surface area contributed by atoms with Gasteiger partial charge in [-0.3, -0.25) is 0 Å². The molecule has 1 heterocycles. The van der Waals surface area contributed by atoms with Gasteiger partial charge in [0.1, 0.15) is 0 Å². The Morgan fingerprint density at radius 3 is 2.65 bits per heavy atom. The standard InChI is InChI=1S/C14H30N2O/c1-6-15-13-7-9-16(11-12(13)2)10-8-14(3,4)17-5/h12-13,15H,6-11H2,1-5H3. The fourth-order valence-corrected chi connectivity index (χ4v) is 2.53. The highest BCUT2D eigenvalue weighted by Gasteiger charge is 2.26. The third-order valence-corrected chi connectivity index (χ3v) is 4.04. The minimum absolute atomic E-state index is 0.0156. The molecule has 0 amide bonds. The van der Waals surface area contributed by atoms with E-state index < -0.39 is 0 Å². The monoisotopic (exact) mass is 242 g/mol. The summed E-state index contributed by atoms with van der Waals surface area (Å²) >= 11 is 0. The van der Waals surface area contributed by atoms with Crippen LogP contribution in [-0.2, 0) is 4.74 Å². The second kappa shape index (κ2) is 6.72. The van der Waals surface area contributed by atoms with Gasteiger partial charge in [0.2, 0.25) is 0 Å². The van der Waals surface area contributed by atoms with E-state index in [1.807, 2.05) is 0 Å². The number of rotatable bonds is 6. The molecule has 2 unspecified atom stereocenters. The summed E-state index contributed by atoms with van der Waals surface area (Å²) < 4.78 is 5.48. The van der Waals surface area contributed by atoms with Crippen molar-refractivity contribution in [3.05, 3.63) is 0 Å². The van der Waals surface area contributed by atoms with Crippen LogP contribution in [0, 0.1) is 5.92 Å². The summed E-state index contributed by atoms with van der Waals surface area (Å²) in [7, 11) is 1.81. The van der Waals surface area contributed by atoms with Crippen molar-refractivity contribution in [2.75, 3.05) is 33.3 Å². The summed E-state index contributed by atoms with van der Waals surface area (Å²) in [5, 5.41) is 3.59. The van der Waals surface area contributed by atoms with Gasteiger partial charge in [0, 0.05) is 26.2 Å².